The largest absolute Gasteiger partial charge is 0.396 e. The van der Waals surface area contributed by atoms with Crippen molar-refractivity contribution in [2.45, 2.75) is 38.6 Å². The number of urea groups is 1. The van der Waals surface area contributed by atoms with Gasteiger partial charge in [-0.1, -0.05) is 12.8 Å². The van der Waals surface area contributed by atoms with Crippen molar-refractivity contribution in [3.8, 4) is 0 Å². The number of aliphatic hydroxyl groups is 1. The first-order valence-corrected chi connectivity index (χ1v) is 5.43. The molecule has 2 unspecified atom stereocenters. The number of rotatable bonds is 3. The summed E-state index contributed by atoms with van der Waals surface area (Å²) < 4.78 is 0. The summed E-state index contributed by atoms with van der Waals surface area (Å²) in [6, 6.07) is 0.0400. The van der Waals surface area contributed by atoms with Gasteiger partial charge in [-0.05, 0) is 19.8 Å². The van der Waals surface area contributed by atoms with Crippen LogP contribution in [-0.4, -0.2) is 30.3 Å². The quantitative estimate of drug-likeness (QED) is 0.632. The van der Waals surface area contributed by atoms with Gasteiger partial charge in [-0.15, -0.1) is 0 Å². The third kappa shape index (κ3) is 3.18. The van der Waals surface area contributed by atoms with E-state index in [0.717, 1.165) is 19.3 Å². The molecule has 0 aliphatic heterocycles. The van der Waals surface area contributed by atoms with Gasteiger partial charge in [0.05, 0.1) is 0 Å². The van der Waals surface area contributed by atoms with Crippen LogP contribution in [0.25, 0.3) is 0 Å². The van der Waals surface area contributed by atoms with E-state index in [4.69, 9.17) is 5.11 Å². The van der Waals surface area contributed by atoms with Crippen LogP contribution in [-0.2, 0) is 0 Å². The van der Waals surface area contributed by atoms with Gasteiger partial charge in [0.25, 0.3) is 0 Å². The van der Waals surface area contributed by atoms with Crippen molar-refractivity contribution < 1.29 is 9.90 Å². The first kappa shape index (κ1) is 11.3. The van der Waals surface area contributed by atoms with Crippen molar-refractivity contribution in [1.82, 2.24) is 10.6 Å². The van der Waals surface area contributed by atoms with Crippen molar-refractivity contribution in [2.75, 3.05) is 13.2 Å². The Balaban J connectivity index is 2.36. The molecule has 14 heavy (non-hydrogen) atoms. The number of nitrogens with one attached hydrogen (secondary N) is 2. The van der Waals surface area contributed by atoms with Gasteiger partial charge in [0.15, 0.2) is 0 Å². The molecule has 1 aliphatic rings. The molecule has 0 bridgehead atoms. The van der Waals surface area contributed by atoms with Crippen LogP contribution in [0.1, 0.15) is 32.6 Å². The van der Waals surface area contributed by atoms with Crippen molar-refractivity contribution in [2.24, 2.45) is 5.92 Å². The third-order valence-corrected chi connectivity index (χ3v) is 2.80. The van der Waals surface area contributed by atoms with Crippen LogP contribution in [0, 0.1) is 5.92 Å². The van der Waals surface area contributed by atoms with Crippen molar-refractivity contribution in [3.63, 3.8) is 0 Å². The van der Waals surface area contributed by atoms with Gasteiger partial charge in [-0.25, -0.2) is 4.79 Å². The highest BCUT2D eigenvalue weighted by molar-refractivity contribution is 5.74. The lowest BCUT2D eigenvalue weighted by Gasteiger charge is -2.30. The molecule has 0 saturated heterocycles. The Morgan fingerprint density at radius 2 is 2.14 bits per heavy atom. The van der Waals surface area contributed by atoms with Crippen LogP contribution < -0.4 is 10.6 Å². The predicted molar refractivity (Wildman–Crippen MR) is 55.0 cm³/mol. The third-order valence-electron chi connectivity index (χ3n) is 2.80. The fourth-order valence-corrected chi connectivity index (χ4v) is 2.00. The average Bonchev–Trinajstić information content (AvgIpc) is 2.19. The van der Waals surface area contributed by atoms with E-state index in [1.165, 1.54) is 6.42 Å². The molecule has 2 atom stereocenters. The zero-order valence-electron chi connectivity index (χ0n) is 8.75. The Kier molecular flexibility index (Phi) is 4.73. The molecule has 0 aromatic heterocycles. The van der Waals surface area contributed by atoms with E-state index in [2.05, 4.69) is 10.6 Å². The summed E-state index contributed by atoms with van der Waals surface area (Å²) in [5.41, 5.74) is 0. The van der Waals surface area contributed by atoms with Gasteiger partial charge in [0.2, 0.25) is 0 Å². The van der Waals surface area contributed by atoms with Crippen LogP contribution in [0.2, 0.25) is 0 Å². The second-order valence-corrected chi connectivity index (χ2v) is 3.84. The molecule has 1 fully saturated rings. The highest BCUT2D eigenvalue weighted by atomic mass is 16.3. The molecule has 1 aliphatic carbocycles. The summed E-state index contributed by atoms with van der Waals surface area (Å²) in [5.74, 6) is 0.242. The lowest BCUT2D eigenvalue weighted by Crippen LogP contribution is -2.47. The predicted octanol–water partition coefficient (Wildman–Crippen LogP) is 0.857. The zero-order chi connectivity index (χ0) is 10.4. The molecule has 2 amide bonds. The first-order chi connectivity index (χ1) is 6.77. The van der Waals surface area contributed by atoms with E-state index in [1.807, 2.05) is 6.92 Å². The Hall–Kier alpha value is -0.770. The topological polar surface area (TPSA) is 61.4 Å². The Morgan fingerprint density at radius 3 is 2.79 bits per heavy atom. The highest BCUT2D eigenvalue weighted by Gasteiger charge is 2.25. The number of carbonyl (C=O) groups is 1. The van der Waals surface area contributed by atoms with E-state index in [9.17, 15) is 4.79 Å². The van der Waals surface area contributed by atoms with Crippen molar-refractivity contribution in [1.29, 1.82) is 0 Å². The average molecular weight is 200 g/mol. The monoisotopic (exact) mass is 200 g/mol. The standard InChI is InChI=1S/C10H20N2O2/c1-2-11-10(14)12-9-6-4-3-5-8(9)7-13/h8-9,13H,2-7H2,1H3,(H2,11,12,14). The van der Waals surface area contributed by atoms with Crippen molar-refractivity contribution in [3.05, 3.63) is 0 Å². The fraction of sp³-hybridized carbons (Fsp3) is 0.900. The number of hydrogen-bond donors (Lipinski definition) is 3. The molecule has 0 spiro atoms. The second kappa shape index (κ2) is 5.86. The minimum Gasteiger partial charge on any atom is -0.396 e. The van der Waals surface area contributed by atoms with Gasteiger partial charge < -0.3 is 15.7 Å². The Morgan fingerprint density at radius 1 is 1.43 bits per heavy atom. The molecule has 1 rings (SSSR count). The number of carbonyl (C=O) groups excluding carboxylic acids is 1. The Labute approximate surface area is 85.1 Å². The Bertz CT molecular complexity index is 185. The molecule has 0 aromatic rings. The molecule has 4 nitrogen and oxygen atoms in total. The van der Waals surface area contributed by atoms with E-state index in [1.54, 1.807) is 0 Å². The zero-order valence-corrected chi connectivity index (χ0v) is 8.75. The molecule has 4 heteroatoms. The maximum atomic E-state index is 11.3. The van der Waals surface area contributed by atoms with E-state index in [-0.39, 0.29) is 24.6 Å². The SMILES string of the molecule is CCNC(=O)NC1CCCCC1CO. The van der Waals surface area contributed by atoms with Gasteiger partial charge >= 0.3 is 6.03 Å². The summed E-state index contributed by atoms with van der Waals surface area (Å²) in [7, 11) is 0. The minimum absolute atomic E-state index is 0.113. The lowest BCUT2D eigenvalue weighted by atomic mass is 9.85. The van der Waals surface area contributed by atoms with Crippen molar-refractivity contribution >= 4 is 6.03 Å². The fourth-order valence-electron chi connectivity index (χ4n) is 2.00. The van der Waals surface area contributed by atoms with Crippen LogP contribution in [0.4, 0.5) is 4.79 Å². The first-order valence-electron chi connectivity index (χ1n) is 5.43. The molecule has 0 aromatic carbocycles. The molecule has 3 N–H and O–H groups in total. The molecule has 82 valence electrons. The minimum atomic E-state index is -0.113. The highest BCUT2D eigenvalue weighted by Crippen LogP contribution is 2.23. The second-order valence-electron chi connectivity index (χ2n) is 3.84. The smallest absolute Gasteiger partial charge is 0.315 e. The number of amides is 2. The summed E-state index contributed by atoms with van der Waals surface area (Å²) in [6.07, 6.45) is 4.32. The van der Waals surface area contributed by atoms with Crippen LogP contribution in [0.15, 0.2) is 0 Å². The van der Waals surface area contributed by atoms with E-state index in [0.29, 0.717) is 6.54 Å². The normalized spacial score (nSPS) is 27.0. The molecule has 1 saturated carbocycles. The lowest BCUT2D eigenvalue weighted by molar-refractivity contribution is 0.154. The molecule has 0 heterocycles. The number of hydrogen-bond acceptors (Lipinski definition) is 2. The van der Waals surface area contributed by atoms with Gasteiger partial charge in [-0.3, -0.25) is 0 Å². The molecular formula is C10H20N2O2. The summed E-state index contributed by atoms with van der Waals surface area (Å²) in [6.45, 7) is 2.71. The maximum absolute atomic E-state index is 11.3. The maximum Gasteiger partial charge on any atom is 0.315 e. The van der Waals surface area contributed by atoms with Gasteiger partial charge in [0, 0.05) is 25.1 Å². The van der Waals surface area contributed by atoms with Gasteiger partial charge in [-0.2, -0.15) is 0 Å². The van der Waals surface area contributed by atoms with E-state index < -0.39 is 0 Å². The summed E-state index contributed by atoms with van der Waals surface area (Å²) >= 11 is 0. The van der Waals surface area contributed by atoms with Crippen LogP contribution >= 0.6 is 0 Å². The molecule has 0 radical (unpaired) electrons. The van der Waals surface area contributed by atoms with E-state index >= 15 is 0 Å². The summed E-state index contributed by atoms with van der Waals surface area (Å²) in [5, 5.41) is 14.7. The summed E-state index contributed by atoms with van der Waals surface area (Å²) in [4.78, 5) is 11.3. The van der Waals surface area contributed by atoms with Crippen LogP contribution in [0.3, 0.4) is 0 Å². The number of aliphatic hydroxyl groups excluding tert-OH is 1. The van der Waals surface area contributed by atoms with Gasteiger partial charge in [0.1, 0.15) is 0 Å². The molecular weight excluding hydrogens is 180 g/mol. The van der Waals surface area contributed by atoms with Crippen LogP contribution in [0.5, 0.6) is 0 Å².